The molecule has 4 nitrogen and oxygen atoms in total. The number of hydrogen-bond acceptors (Lipinski definition) is 3. The van der Waals surface area contributed by atoms with Crippen molar-refractivity contribution in [2.75, 3.05) is 26.2 Å². The van der Waals surface area contributed by atoms with Gasteiger partial charge in [0.2, 0.25) is 5.91 Å². The summed E-state index contributed by atoms with van der Waals surface area (Å²) in [6.45, 7) is 7.01. The summed E-state index contributed by atoms with van der Waals surface area (Å²) in [6.07, 6.45) is 5.58. The SMILES string of the molecule is CC1(C)CN(C(=O)C2CCCC(CCN)C2)CCO1. The lowest BCUT2D eigenvalue weighted by atomic mass is 9.79. The topological polar surface area (TPSA) is 55.6 Å². The molecule has 1 saturated carbocycles. The second-order valence-corrected chi connectivity index (χ2v) is 6.67. The van der Waals surface area contributed by atoms with Gasteiger partial charge in [-0.1, -0.05) is 12.8 Å². The highest BCUT2D eigenvalue weighted by atomic mass is 16.5. The maximum Gasteiger partial charge on any atom is 0.225 e. The summed E-state index contributed by atoms with van der Waals surface area (Å²) in [5.41, 5.74) is 5.45. The summed E-state index contributed by atoms with van der Waals surface area (Å²) in [7, 11) is 0. The third-order valence-corrected chi connectivity index (χ3v) is 4.44. The Kier molecular flexibility index (Phi) is 4.85. The molecule has 0 bridgehead atoms. The lowest BCUT2D eigenvalue weighted by Gasteiger charge is -2.40. The number of carbonyl (C=O) groups is 1. The molecule has 0 aromatic rings. The van der Waals surface area contributed by atoms with Crippen molar-refractivity contribution in [3.05, 3.63) is 0 Å². The van der Waals surface area contributed by atoms with E-state index in [4.69, 9.17) is 10.5 Å². The van der Waals surface area contributed by atoms with Gasteiger partial charge in [0, 0.05) is 19.0 Å². The molecule has 2 fully saturated rings. The molecule has 1 amide bonds. The van der Waals surface area contributed by atoms with Crippen LogP contribution in [0.2, 0.25) is 0 Å². The molecule has 19 heavy (non-hydrogen) atoms. The van der Waals surface area contributed by atoms with Crippen molar-refractivity contribution in [3.63, 3.8) is 0 Å². The van der Waals surface area contributed by atoms with E-state index in [1.165, 1.54) is 12.8 Å². The second kappa shape index (κ2) is 6.23. The van der Waals surface area contributed by atoms with Gasteiger partial charge in [0.05, 0.1) is 12.2 Å². The van der Waals surface area contributed by atoms with Gasteiger partial charge < -0.3 is 15.4 Å². The van der Waals surface area contributed by atoms with Crippen LogP contribution in [0.25, 0.3) is 0 Å². The Morgan fingerprint density at radius 3 is 2.89 bits per heavy atom. The smallest absolute Gasteiger partial charge is 0.225 e. The quantitative estimate of drug-likeness (QED) is 0.849. The van der Waals surface area contributed by atoms with E-state index >= 15 is 0 Å². The van der Waals surface area contributed by atoms with Gasteiger partial charge in [0.25, 0.3) is 0 Å². The molecule has 110 valence electrons. The van der Waals surface area contributed by atoms with Crippen molar-refractivity contribution in [1.82, 2.24) is 4.90 Å². The van der Waals surface area contributed by atoms with Crippen molar-refractivity contribution in [1.29, 1.82) is 0 Å². The van der Waals surface area contributed by atoms with E-state index in [9.17, 15) is 4.79 Å². The molecule has 1 saturated heterocycles. The standard InChI is InChI=1S/C15H28N2O2/c1-15(2)11-17(8-9-19-15)14(18)13-5-3-4-12(10-13)6-7-16/h12-13H,3-11,16H2,1-2H3. The first-order valence-electron chi connectivity index (χ1n) is 7.64. The second-order valence-electron chi connectivity index (χ2n) is 6.67. The number of ether oxygens (including phenoxy) is 1. The van der Waals surface area contributed by atoms with E-state index in [0.29, 0.717) is 18.4 Å². The van der Waals surface area contributed by atoms with Crippen molar-refractivity contribution < 1.29 is 9.53 Å². The van der Waals surface area contributed by atoms with Gasteiger partial charge in [-0.2, -0.15) is 0 Å². The number of rotatable bonds is 3. The molecule has 0 spiro atoms. The predicted octanol–water partition coefficient (Wildman–Crippen LogP) is 1.78. The maximum absolute atomic E-state index is 12.6. The Labute approximate surface area is 116 Å². The summed E-state index contributed by atoms with van der Waals surface area (Å²) >= 11 is 0. The molecule has 2 unspecified atom stereocenters. The molecule has 1 heterocycles. The molecule has 2 atom stereocenters. The minimum Gasteiger partial charge on any atom is -0.372 e. The summed E-state index contributed by atoms with van der Waals surface area (Å²) in [5, 5.41) is 0. The summed E-state index contributed by atoms with van der Waals surface area (Å²) in [4.78, 5) is 14.6. The molecule has 1 aliphatic heterocycles. The van der Waals surface area contributed by atoms with Gasteiger partial charge >= 0.3 is 0 Å². The number of carbonyl (C=O) groups excluding carboxylic acids is 1. The molecule has 4 heteroatoms. The Morgan fingerprint density at radius 2 is 2.21 bits per heavy atom. The number of nitrogens with two attached hydrogens (primary N) is 1. The van der Waals surface area contributed by atoms with Crippen molar-refractivity contribution in [2.24, 2.45) is 17.6 Å². The van der Waals surface area contributed by atoms with Gasteiger partial charge in [-0.15, -0.1) is 0 Å². The Hall–Kier alpha value is -0.610. The first kappa shape index (κ1) is 14.8. The van der Waals surface area contributed by atoms with Crippen molar-refractivity contribution >= 4 is 5.91 Å². The zero-order valence-corrected chi connectivity index (χ0v) is 12.4. The van der Waals surface area contributed by atoms with E-state index in [1.54, 1.807) is 0 Å². The van der Waals surface area contributed by atoms with Gasteiger partial charge in [-0.3, -0.25) is 4.79 Å². The third-order valence-electron chi connectivity index (χ3n) is 4.44. The highest BCUT2D eigenvalue weighted by molar-refractivity contribution is 5.79. The molecule has 1 aliphatic carbocycles. The van der Waals surface area contributed by atoms with Gasteiger partial charge in [0.15, 0.2) is 0 Å². The van der Waals surface area contributed by atoms with Crippen LogP contribution in [-0.4, -0.2) is 42.6 Å². The summed E-state index contributed by atoms with van der Waals surface area (Å²) in [6, 6.07) is 0. The monoisotopic (exact) mass is 268 g/mol. The zero-order valence-electron chi connectivity index (χ0n) is 12.4. The van der Waals surface area contributed by atoms with E-state index in [2.05, 4.69) is 13.8 Å². The minimum absolute atomic E-state index is 0.195. The fourth-order valence-corrected chi connectivity index (χ4v) is 3.48. The van der Waals surface area contributed by atoms with Crippen LogP contribution in [0.4, 0.5) is 0 Å². The molecule has 0 aromatic carbocycles. The lowest BCUT2D eigenvalue weighted by Crippen LogP contribution is -2.52. The first-order chi connectivity index (χ1) is 9.02. The molecular formula is C15H28N2O2. The highest BCUT2D eigenvalue weighted by Crippen LogP contribution is 2.32. The molecule has 2 rings (SSSR count). The third kappa shape index (κ3) is 3.93. The summed E-state index contributed by atoms with van der Waals surface area (Å²) in [5.74, 6) is 1.22. The lowest BCUT2D eigenvalue weighted by molar-refractivity contribution is -0.151. The molecular weight excluding hydrogens is 240 g/mol. The number of hydrogen-bond donors (Lipinski definition) is 1. The van der Waals surface area contributed by atoms with Gasteiger partial charge in [-0.05, 0) is 45.6 Å². The van der Waals surface area contributed by atoms with E-state index in [1.807, 2.05) is 4.90 Å². The van der Waals surface area contributed by atoms with E-state index in [-0.39, 0.29) is 11.5 Å². The summed E-state index contributed by atoms with van der Waals surface area (Å²) < 4.78 is 5.68. The normalized spacial score (nSPS) is 31.2. The molecule has 2 N–H and O–H groups in total. The average molecular weight is 268 g/mol. The Bertz CT molecular complexity index is 315. The Balaban J connectivity index is 1.91. The Morgan fingerprint density at radius 1 is 1.42 bits per heavy atom. The van der Waals surface area contributed by atoms with Crippen LogP contribution in [0.15, 0.2) is 0 Å². The fraction of sp³-hybridized carbons (Fsp3) is 0.933. The van der Waals surface area contributed by atoms with Gasteiger partial charge in [-0.25, -0.2) is 0 Å². The maximum atomic E-state index is 12.6. The highest BCUT2D eigenvalue weighted by Gasteiger charge is 2.35. The zero-order chi connectivity index (χ0) is 13.9. The number of nitrogens with zero attached hydrogens (tertiary/aromatic N) is 1. The fourth-order valence-electron chi connectivity index (χ4n) is 3.48. The first-order valence-corrected chi connectivity index (χ1v) is 7.64. The predicted molar refractivity (Wildman–Crippen MR) is 75.7 cm³/mol. The van der Waals surface area contributed by atoms with Crippen LogP contribution < -0.4 is 5.73 Å². The van der Waals surface area contributed by atoms with E-state index < -0.39 is 0 Å². The van der Waals surface area contributed by atoms with Crippen LogP contribution in [0.1, 0.15) is 46.0 Å². The molecule has 2 aliphatic rings. The molecule has 0 aromatic heterocycles. The van der Waals surface area contributed by atoms with Crippen LogP contribution >= 0.6 is 0 Å². The van der Waals surface area contributed by atoms with Crippen LogP contribution in [0.5, 0.6) is 0 Å². The minimum atomic E-state index is -0.195. The van der Waals surface area contributed by atoms with Crippen molar-refractivity contribution in [2.45, 2.75) is 51.6 Å². The van der Waals surface area contributed by atoms with Gasteiger partial charge in [0.1, 0.15) is 0 Å². The van der Waals surface area contributed by atoms with Crippen LogP contribution in [0.3, 0.4) is 0 Å². The number of amides is 1. The molecule has 0 radical (unpaired) electrons. The number of morpholine rings is 1. The van der Waals surface area contributed by atoms with Crippen molar-refractivity contribution in [3.8, 4) is 0 Å². The van der Waals surface area contributed by atoms with Crippen LogP contribution in [0, 0.1) is 11.8 Å². The van der Waals surface area contributed by atoms with Crippen LogP contribution in [-0.2, 0) is 9.53 Å². The van der Waals surface area contributed by atoms with E-state index in [0.717, 1.165) is 38.9 Å². The largest absolute Gasteiger partial charge is 0.372 e. The average Bonchev–Trinajstić information content (AvgIpc) is 2.37.